The molecule has 0 aromatic heterocycles. The minimum absolute atomic E-state index is 0.144. The summed E-state index contributed by atoms with van der Waals surface area (Å²) in [6, 6.07) is 7.74. The van der Waals surface area contributed by atoms with Crippen molar-refractivity contribution in [2.45, 2.75) is 58.5 Å². The Morgan fingerprint density at radius 2 is 2.05 bits per heavy atom. The third-order valence-corrected chi connectivity index (χ3v) is 4.93. The van der Waals surface area contributed by atoms with Crippen molar-refractivity contribution >= 4 is 11.6 Å². The van der Waals surface area contributed by atoms with Crippen LogP contribution in [0.15, 0.2) is 18.2 Å². The Morgan fingerprint density at radius 1 is 1.24 bits per heavy atom. The number of nitrogens with one attached hydrogen (secondary N) is 1. The van der Waals surface area contributed by atoms with Gasteiger partial charge in [0.25, 0.3) is 0 Å². The van der Waals surface area contributed by atoms with Crippen molar-refractivity contribution in [3.05, 3.63) is 29.3 Å². The molecule has 3 nitrogen and oxygen atoms in total. The number of hydrogen-bond acceptors (Lipinski definition) is 2. The molecule has 1 amide bonds. The number of hydrogen-bond donors (Lipinski definition) is 1. The molecule has 0 radical (unpaired) electrons. The minimum Gasteiger partial charge on any atom is -0.326 e. The molecule has 2 aliphatic rings. The number of fused-ring (bicyclic) bond motifs is 1. The van der Waals surface area contributed by atoms with Gasteiger partial charge in [-0.05, 0) is 56.2 Å². The van der Waals surface area contributed by atoms with Crippen molar-refractivity contribution in [3.63, 3.8) is 0 Å². The number of rotatable bonds is 2. The van der Waals surface area contributed by atoms with Crippen LogP contribution in [0.5, 0.6) is 0 Å². The van der Waals surface area contributed by atoms with Gasteiger partial charge >= 0.3 is 0 Å². The first-order valence-corrected chi connectivity index (χ1v) is 8.23. The molecule has 0 aliphatic carbocycles. The third kappa shape index (κ3) is 2.98. The summed E-state index contributed by atoms with van der Waals surface area (Å²) >= 11 is 0. The fourth-order valence-corrected chi connectivity index (χ4v) is 3.73. The number of anilines is 1. The highest BCUT2D eigenvalue weighted by Gasteiger charge is 2.29. The summed E-state index contributed by atoms with van der Waals surface area (Å²) < 4.78 is 0. The lowest BCUT2D eigenvalue weighted by molar-refractivity contribution is -0.116. The normalized spacial score (nSPS) is 26.6. The largest absolute Gasteiger partial charge is 0.326 e. The van der Waals surface area contributed by atoms with Crippen LogP contribution < -0.4 is 5.32 Å². The number of amides is 1. The average Bonchev–Trinajstić information content (AvgIpc) is 2.46. The van der Waals surface area contributed by atoms with E-state index in [-0.39, 0.29) is 5.91 Å². The summed E-state index contributed by atoms with van der Waals surface area (Å²) in [4.78, 5) is 14.1. The number of benzene rings is 1. The number of carbonyl (C=O) groups excluding carboxylic acids is 1. The topological polar surface area (TPSA) is 32.3 Å². The van der Waals surface area contributed by atoms with E-state index in [2.05, 4.69) is 49.2 Å². The van der Waals surface area contributed by atoms with Gasteiger partial charge in [-0.1, -0.05) is 19.1 Å². The van der Waals surface area contributed by atoms with Gasteiger partial charge in [-0.2, -0.15) is 0 Å². The average molecular weight is 286 g/mol. The molecule has 1 aromatic carbocycles. The van der Waals surface area contributed by atoms with Gasteiger partial charge in [0.05, 0.1) is 0 Å². The highest BCUT2D eigenvalue weighted by molar-refractivity contribution is 5.93. The lowest BCUT2D eigenvalue weighted by Crippen LogP contribution is -2.41. The molecule has 2 atom stereocenters. The summed E-state index contributed by atoms with van der Waals surface area (Å²) in [5.74, 6) is 0.936. The van der Waals surface area contributed by atoms with Crippen LogP contribution in [-0.2, 0) is 11.2 Å². The van der Waals surface area contributed by atoms with E-state index < -0.39 is 0 Å². The molecule has 114 valence electrons. The van der Waals surface area contributed by atoms with E-state index in [1.807, 2.05) is 0 Å². The van der Waals surface area contributed by atoms with Crippen molar-refractivity contribution in [1.82, 2.24) is 4.90 Å². The number of piperidine rings is 1. The predicted octanol–water partition coefficient (Wildman–Crippen LogP) is 3.75. The Kier molecular flexibility index (Phi) is 4.03. The molecule has 0 saturated carbocycles. The zero-order chi connectivity index (χ0) is 15.0. The van der Waals surface area contributed by atoms with Crippen LogP contribution in [-0.4, -0.2) is 23.4 Å². The molecule has 0 unspecified atom stereocenters. The molecule has 0 bridgehead atoms. The number of likely N-dealkylation sites (tertiary alicyclic amines) is 1. The molecular formula is C18H26N2O. The van der Waals surface area contributed by atoms with Crippen LogP contribution >= 0.6 is 0 Å². The molecule has 21 heavy (non-hydrogen) atoms. The second kappa shape index (κ2) is 5.80. The number of aryl methyl sites for hydroxylation is 1. The van der Waals surface area contributed by atoms with E-state index in [0.717, 1.165) is 18.0 Å². The fraction of sp³-hybridized carbons (Fsp3) is 0.611. The SMILES string of the molecule is CC(C)N1C[C@H](C)CC[C@H]1c1ccc2c(c1)CCC(=O)N2. The summed E-state index contributed by atoms with van der Waals surface area (Å²) in [6.45, 7) is 8.14. The molecular weight excluding hydrogens is 260 g/mol. The molecule has 3 rings (SSSR count). The smallest absolute Gasteiger partial charge is 0.224 e. The summed E-state index contributed by atoms with van der Waals surface area (Å²) in [5.41, 5.74) is 3.73. The van der Waals surface area contributed by atoms with Gasteiger partial charge in [-0.15, -0.1) is 0 Å². The molecule has 1 N–H and O–H groups in total. The van der Waals surface area contributed by atoms with Crippen molar-refractivity contribution in [1.29, 1.82) is 0 Å². The predicted molar refractivity (Wildman–Crippen MR) is 86.4 cm³/mol. The first-order chi connectivity index (χ1) is 10.0. The van der Waals surface area contributed by atoms with Crippen LogP contribution in [0.1, 0.15) is 57.2 Å². The van der Waals surface area contributed by atoms with Gasteiger partial charge in [0.1, 0.15) is 0 Å². The Labute approximate surface area is 127 Å². The lowest BCUT2D eigenvalue weighted by atomic mass is 9.87. The molecule has 2 heterocycles. The van der Waals surface area contributed by atoms with Gasteiger partial charge in [-0.25, -0.2) is 0 Å². The molecule has 3 heteroatoms. The zero-order valence-corrected chi connectivity index (χ0v) is 13.4. The second-order valence-electron chi connectivity index (χ2n) is 6.95. The summed E-state index contributed by atoms with van der Waals surface area (Å²) in [7, 11) is 0. The Bertz CT molecular complexity index is 538. The minimum atomic E-state index is 0.144. The lowest BCUT2D eigenvalue weighted by Gasteiger charge is -2.42. The first-order valence-electron chi connectivity index (χ1n) is 8.23. The maximum atomic E-state index is 11.5. The van der Waals surface area contributed by atoms with Crippen LogP contribution in [0.4, 0.5) is 5.69 Å². The standard InChI is InChI=1S/C18H26N2O/c1-12(2)20-11-13(3)4-8-17(20)15-5-7-16-14(10-15)6-9-18(21)19-16/h5,7,10,12-13,17H,4,6,8-9,11H2,1-3H3,(H,19,21)/t13-,17+/m1/s1. The molecule has 0 spiro atoms. The van der Waals surface area contributed by atoms with Crippen molar-refractivity contribution in [3.8, 4) is 0 Å². The highest BCUT2D eigenvalue weighted by atomic mass is 16.1. The molecule has 1 saturated heterocycles. The maximum Gasteiger partial charge on any atom is 0.224 e. The number of nitrogens with zero attached hydrogens (tertiary/aromatic N) is 1. The van der Waals surface area contributed by atoms with E-state index >= 15 is 0 Å². The second-order valence-corrected chi connectivity index (χ2v) is 6.95. The van der Waals surface area contributed by atoms with Gasteiger partial charge < -0.3 is 5.32 Å². The van der Waals surface area contributed by atoms with Crippen LogP contribution in [0, 0.1) is 5.92 Å². The Hall–Kier alpha value is -1.35. The Morgan fingerprint density at radius 3 is 2.81 bits per heavy atom. The van der Waals surface area contributed by atoms with Crippen molar-refractivity contribution in [2.24, 2.45) is 5.92 Å². The van der Waals surface area contributed by atoms with E-state index in [9.17, 15) is 4.79 Å². The van der Waals surface area contributed by atoms with E-state index in [4.69, 9.17) is 0 Å². The highest BCUT2D eigenvalue weighted by Crippen LogP contribution is 2.36. The fourth-order valence-electron chi connectivity index (χ4n) is 3.73. The zero-order valence-electron chi connectivity index (χ0n) is 13.4. The van der Waals surface area contributed by atoms with Crippen molar-refractivity contribution in [2.75, 3.05) is 11.9 Å². The quantitative estimate of drug-likeness (QED) is 0.898. The van der Waals surface area contributed by atoms with E-state index in [1.54, 1.807) is 0 Å². The molecule has 1 fully saturated rings. The van der Waals surface area contributed by atoms with Gasteiger partial charge in [0, 0.05) is 30.7 Å². The number of carbonyl (C=O) groups is 1. The maximum absolute atomic E-state index is 11.5. The summed E-state index contributed by atoms with van der Waals surface area (Å²) in [5, 5.41) is 2.98. The first kappa shape index (κ1) is 14.6. The monoisotopic (exact) mass is 286 g/mol. The van der Waals surface area contributed by atoms with Crippen molar-refractivity contribution < 1.29 is 4.79 Å². The molecule has 1 aromatic rings. The van der Waals surface area contributed by atoms with Gasteiger partial charge in [0.2, 0.25) is 5.91 Å². The Balaban J connectivity index is 1.87. The van der Waals surface area contributed by atoms with Crippen LogP contribution in [0.2, 0.25) is 0 Å². The van der Waals surface area contributed by atoms with E-state index in [0.29, 0.717) is 18.5 Å². The molecule has 2 aliphatic heterocycles. The van der Waals surface area contributed by atoms with Gasteiger partial charge in [-0.3, -0.25) is 9.69 Å². The third-order valence-electron chi connectivity index (χ3n) is 4.93. The van der Waals surface area contributed by atoms with Crippen LogP contribution in [0.3, 0.4) is 0 Å². The van der Waals surface area contributed by atoms with Crippen LogP contribution in [0.25, 0.3) is 0 Å². The van der Waals surface area contributed by atoms with Gasteiger partial charge in [0.15, 0.2) is 0 Å². The summed E-state index contributed by atoms with van der Waals surface area (Å²) in [6.07, 6.45) is 4.04. The van der Waals surface area contributed by atoms with E-state index in [1.165, 1.54) is 30.5 Å².